The van der Waals surface area contributed by atoms with Gasteiger partial charge in [0.25, 0.3) is 0 Å². The maximum Gasteiger partial charge on any atom is 0.407 e. The predicted octanol–water partition coefficient (Wildman–Crippen LogP) is 0.840. The number of carbonyl (C=O) groups is 1. The van der Waals surface area contributed by atoms with Crippen LogP contribution in [0, 0.1) is 0 Å². The second-order valence-corrected chi connectivity index (χ2v) is 4.44. The number of nitrogens with zero attached hydrogens (tertiary/aromatic N) is 1. The number of aliphatic imine (C=N–C) groups is 1. The molecule has 1 unspecified atom stereocenters. The molecule has 0 aliphatic carbocycles. The van der Waals surface area contributed by atoms with Gasteiger partial charge in [0.05, 0.1) is 6.54 Å². The van der Waals surface area contributed by atoms with Gasteiger partial charge in [-0.15, -0.1) is 0 Å². The number of amides is 1. The number of alkyl carbamates (subject to hydrolysis) is 1. The van der Waals surface area contributed by atoms with E-state index in [0.717, 1.165) is 0 Å². The molecule has 0 aromatic heterocycles. The molecule has 84 valence electrons. The summed E-state index contributed by atoms with van der Waals surface area (Å²) in [6.45, 7) is 5.39. The Morgan fingerprint density at radius 3 is 2.73 bits per heavy atom. The summed E-state index contributed by atoms with van der Waals surface area (Å²) >= 11 is 0. The van der Waals surface area contributed by atoms with Crippen molar-refractivity contribution in [2.75, 3.05) is 6.54 Å². The fourth-order valence-electron chi connectivity index (χ4n) is 1.02. The van der Waals surface area contributed by atoms with E-state index >= 15 is 0 Å². The highest BCUT2D eigenvalue weighted by Gasteiger charge is 2.25. The highest BCUT2D eigenvalue weighted by molar-refractivity contribution is 5.77. The van der Waals surface area contributed by atoms with Crippen LogP contribution in [0.3, 0.4) is 0 Å². The maximum atomic E-state index is 11.2. The molecule has 1 atom stereocenters. The Bertz CT molecular complexity index is 290. The number of rotatable bonds is 2. The molecule has 1 aliphatic rings. The van der Waals surface area contributed by atoms with Crippen LogP contribution in [0.25, 0.3) is 0 Å². The Morgan fingerprint density at radius 1 is 1.60 bits per heavy atom. The summed E-state index contributed by atoms with van der Waals surface area (Å²) in [5, 5.41) is 12.2. The number of nitrogens with one attached hydrogen (secondary N) is 1. The molecule has 0 aromatic carbocycles. The Balaban J connectivity index is 2.35. The lowest BCUT2D eigenvalue weighted by atomic mass is 10.1. The second-order valence-electron chi connectivity index (χ2n) is 4.44. The molecule has 0 radical (unpaired) electrons. The third-order valence-corrected chi connectivity index (χ3v) is 1.66. The average Bonchev–Trinajstić information content (AvgIpc) is 2.47. The molecule has 0 saturated heterocycles. The molecule has 0 fully saturated rings. The SMILES string of the molecule is CC(C)(C)OC(=O)NCC1(O)C=CN=C1. The van der Waals surface area contributed by atoms with E-state index in [1.165, 1.54) is 18.5 Å². The lowest BCUT2D eigenvalue weighted by molar-refractivity contribution is 0.0488. The summed E-state index contributed by atoms with van der Waals surface area (Å²) in [5.41, 5.74) is -1.72. The van der Waals surface area contributed by atoms with Crippen molar-refractivity contribution in [3.05, 3.63) is 12.3 Å². The number of hydrogen-bond acceptors (Lipinski definition) is 4. The van der Waals surface area contributed by atoms with Crippen molar-refractivity contribution in [1.82, 2.24) is 5.32 Å². The molecule has 1 rings (SSSR count). The molecule has 0 saturated carbocycles. The highest BCUT2D eigenvalue weighted by Crippen LogP contribution is 2.10. The molecule has 0 spiro atoms. The van der Waals surface area contributed by atoms with Gasteiger partial charge in [-0.3, -0.25) is 4.99 Å². The normalized spacial score (nSPS) is 24.3. The maximum absolute atomic E-state index is 11.2. The fourth-order valence-corrected chi connectivity index (χ4v) is 1.02. The fraction of sp³-hybridized carbons (Fsp3) is 0.600. The van der Waals surface area contributed by atoms with Crippen molar-refractivity contribution >= 4 is 12.3 Å². The van der Waals surface area contributed by atoms with Crippen molar-refractivity contribution in [3.63, 3.8) is 0 Å². The lowest BCUT2D eigenvalue weighted by Crippen LogP contribution is -2.43. The smallest absolute Gasteiger partial charge is 0.407 e. The first kappa shape index (κ1) is 11.7. The minimum Gasteiger partial charge on any atom is -0.444 e. The van der Waals surface area contributed by atoms with Gasteiger partial charge in [0.2, 0.25) is 0 Å². The average molecular weight is 212 g/mol. The first-order valence-corrected chi connectivity index (χ1v) is 4.72. The lowest BCUT2D eigenvalue weighted by Gasteiger charge is -2.22. The topological polar surface area (TPSA) is 70.9 Å². The Morgan fingerprint density at radius 2 is 2.27 bits per heavy atom. The van der Waals surface area contributed by atoms with Gasteiger partial charge in [0.15, 0.2) is 0 Å². The summed E-state index contributed by atoms with van der Waals surface area (Å²) in [7, 11) is 0. The molecule has 5 heteroatoms. The van der Waals surface area contributed by atoms with Crippen LogP contribution in [0.4, 0.5) is 4.79 Å². The van der Waals surface area contributed by atoms with Gasteiger partial charge in [-0.2, -0.15) is 0 Å². The molecule has 15 heavy (non-hydrogen) atoms. The Hall–Kier alpha value is -1.36. The van der Waals surface area contributed by atoms with Crippen molar-refractivity contribution in [1.29, 1.82) is 0 Å². The van der Waals surface area contributed by atoms with Gasteiger partial charge in [-0.25, -0.2) is 4.79 Å². The van der Waals surface area contributed by atoms with Crippen molar-refractivity contribution < 1.29 is 14.6 Å². The van der Waals surface area contributed by atoms with Crippen molar-refractivity contribution in [2.45, 2.75) is 32.0 Å². The van der Waals surface area contributed by atoms with Gasteiger partial charge in [-0.05, 0) is 26.8 Å². The molecule has 1 amide bonds. The molecule has 0 aromatic rings. The van der Waals surface area contributed by atoms with Gasteiger partial charge in [0, 0.05) is 12.4 Å². The van der Waals surface area contributed by atoms with E-state index in [2.05, 4.69) is 10.3 Å². The molecule has 0 bridgehead atoms. The largest absolute Gasteiger partial charge is 0.444 e. The van der Waals surface area contributed by atoms with Crippen LogP contribution in [0.5, 0.6) is 0 Å². The van der Waals surface area contributed by atoms with E-state index in [1.54, 1.807) is 20.8 Å². The third-order valence-electron chi connectivity index (χ3n) is 1.66. The molecular formula is C10H16N2O3. The minimum atomic E-state index is -1.18. The Kier molecular flexibility index (Phi) is 3.14. The number of hydrogen-bond donors (Lipinski definition) is 2. The summed E-state index contributed by atoms with van der Waals surface area (Å²) in [4.78, 5) is 15.0. The van der Waals surface area contributed by atoms with Crippen LogP contribution < -0.4 is 5.32 Å². The predicted molar refractivity (Wildman–Crippen MR) is 56.8 cm³/mol. The molecule has 1 aliphatic heterocycles. The summed E-state index contributed by atoms with van der Waals surface area (Å²) in [6, 6.07) is 0. The van der Waals surface area contributed by atoms with E-state index < -0.39 is 17.3 Å². The number of ether oxygens (including phenoxy) is 1. The van der Waals surface area contributed by atoms with Crippen LogP contribution >= 0.6 is 0 Å². The zero-order chi connectivity index (χ0) is 11.5. The van der Waals surface area contributed by atoms with E-state index in [4.69, 9.17) is 4.74 Å². The van der Waals surface area contributed by atoms with E-state index in [9.17, 15) is 9.90 Å². The first-order chi connectivity index (χ1) is 6.81. The monoisotopic (exact) mass is 212 g/mol. The second kappa shape index (κ2) is 4.02. The molecule has 5 nitrogen and oxygen atoms in total. The minimum absolute atomic E-state index is 0.0575. The van der Waals surface area contributed by atoms with Crippen LogP contribution in [0.15, 0.2) is 17.3 Å². The van der Waals surface area contributed by atoms with Gasteiger partial charge < -0.3 is 15.2 Å². The van der Waals surface area contributed by atoms with Crippen LogP contribution in [-0.4, -0.2) is 35.2 Å². The summed E-state index contributed by atoms with van der Waals surface area (Å²) < 4.78 is 5.01. The van der Waals surface area contributed by atoms with Crippen molar-refractivity contribution in [2.24, 2.45) is 4.99 Å². The third kappa shape index (κ3) is 4.12. The van der Waals surface area contributed by atoms with Gasteiger partial charge in [-0.1, -0.05) is 0 Å². The Labute approximate surface area is 88.8 Å². The standard InChI is InChI=1S/C10H16N2O3/c1-9(2,3)15-8(13)12-7-10(14)4-5-11-6-10/h4-6,14H,7H2,1-3H3,(H,12,13). The number of carbonyl (C=O) groups excluding carboxylic acids is 1. The first-order valence-electron chi connectivity index (χ1n) is 4.72. The zero-order valence-electron chi connectivity index (χ0n) is 9.15. The van der Waals surface area contributed by atoms with Crippen molar-refractivity contribution in [3.8, 4) is 0 Å². The molecule has 1 heterocycles. The van der Waals surface area contributed by atoms with E-state index in [1.807, 2.05) is 0 Å². The summed E-state index contributed by atoms with van der Waals surface area (Å²) in [6.07, 6.45) is 3.80. The van der Waals surface area contributed by atoms with Crippen LogP contribution in [0.2, 0.25) is 0 Å². The molecular weight excluding hydrogens is 196 g/mol. The molecule has 2 N–H and O–H groups in total. The quantitative estimate of drug-likeness (QED) is 0.712. The highest BCUT2D eigenvalue weighted by atomic mass is 16.6. The van der Waals surface area contributed by atoms with Crippen LogP contribution in [-0.2, 0) is 4.74 Å². The summed E-state index contributed by atoms with van der Waals surface area (Å²) in [5.74, 6) is 0. The number of aliphatic hydroxyl groups is 1. The van der Waals surface area contributed by atoms with E-state index in [-0.39, 0.29) is 6.54 Å². The van der Waals surface area contributed by atoms with Gasteiger partial charge in [0.1, 0.15) is 11.2 Å². The zero-order valence-corrected chi connectivity index (χ0v) is 9.15. The van der Waals surface area contributed by atoms with Crippen LogP contribution in [0.1, 0.15) is 20.8 Å². The van der Waals surface area contributed by atoms with E-state index in [0.29, 0.717) is 0 Å². The van der Waals surface area contributed by atoms with Gasteiger partial charge >= 0.3 is 6.09 Å².